The summed E-state index contributed by atoms with van der Waals surface area (Å²) in [5.41, 5.74) is 2.55. The molecular weight excluding hydrogens is 622 g/mol. The first-order valence-corrected chi connectivity index (χ1v) is 14.5. The molecule has 0 bridgehead atoms. The van der Waals surface area contributed by atoms with Crippen molar-refractivity contribution in [2.75, 3.05) is 0 Å². The zero-order valence-corrected chi connectivity index (χ0v) is 23.4. The van der Waals surface area contributed by atoms with Crippen LogP contribution in [-0.2, 0) is 9.84 Å². The van der Waals surface area contributed by atoms with Crippen molar-refractivity contribution in [3.8, 4) is 0 Å². The molecule has 0 N–H and O–H groups in total. The fraction of sp³-hybridized carbons (Fsp3) is 0.0667. The van der Waals surface area contributed by atoms with Gasteiger partial charge in [-0.3, -0.25) is 0 Å². The highest BCUT2D eigenvalue weighted by molar-refractivity contribution is 9.10. The van der Waals surface area contributed by atoms with Gasteiger partial charge in [-0.05, 0) is 70.8 Å². The lowest BCUT2D eigenvalue weighted by Gasteiger charge is -2.22. The molecule has 37 heavy (non-hydrogen) atoms. The first-order valence-electron chi connectivity index (χ1n) is 11.3. The summed E-state index contributed by atoms with van der Waals surface area (Å²) in [5.74, 6) is -0.731. The van der Waals surface area contributed by atoms with E-state index in [1.165, 1.54) is 24.3 Å². The lowest BCUT2D eigenvalue weighted by atomic mass is 10.1. The van der Waals surface area contributed by atoms with Crippen LogP contribution in [0, 0.1) is 11.6 Å². The molecule has 0 aliphatic rings. The number of benzene rings is 4. The van der Waals surface area contributed by atoms with E-state index in [2.05, 4.69) is 31.9 Å². The third-order valence-electron chi connectivity index (χ3n) is 5.77. The Morgan fingerprint density at radius 1 is 0.541 bits per heavy atom. The van der Waals surface area contributed by atoms with E-state index >= 15 is 0 Å². The van der Waals surface area contributed by atoms with Crippen molar-refractivity contribution >= 4 is 53.8 Å². The summed E-state index contributed by atoms with van der Waals surface area (Å²) in [6.45, 7) is 0. The van der Waals surface area contributed by atoms with Crippen LogP contribution in [0.5, 0.6) is 0 Å². The Bertz CT molecular complexity index is 1390. The lowest BCUT2D eigenvalue weighted by molar-refractivity contribution is 0.584. The fourth-order valence-electron chi connectivity index (χ4n) is 3.83. The summed E-state index contributed by atoms with van der Waals surface area (Å²) >= 11 is 6.82. The van der Waals surface area contributed by atoms with Gasteiger partial charge in [0.2, 0.25) is 0 Å². The molecule has 0 radical (unpaired) electrons. The van der Waals surface area contributed by atoms with Gasteiger partial charge >= 0.3 is 0 Å². The van der Waals surface area contributed by atoms with Gasteiger partial charge in [0.1, 0.15) is 22.1 Å². The van der Waals surface area contributed by atoms with Crippen molar-refractivity contribution in [3.05, 3.63) is 152 Å². The Morgan fingerprint density at radius 3 is 1.19 bits per heavy atom. The van der Waals surface area contributed by atoms with Gasteiger partial charge in [-0.25, -0.2) is 17.2 Å². The molecule has 188 valence electrons. The van der Waals surface area contributed by atoms with Gasteiger partial charge in [0, 0.05) is 8.95 Å². The average molecular weight is 644 g/mol. The molecule has 0 spiro atoms. The van der Waals surface area contributed by atoms with Crippen LogP contribution in [0.2, 0.25) is 0 Å². The Labute approximate surface area is 232 Å². The van der Waals surface area contributed by atoms with E-state index in [1.807, 2.05) is 0 Å². The van der Waals surface area contributed by atoms with E-state index in [1.54, 1.807) is 97.1 Å². The smallest absolute Gasteiger partial charge is 0.171 e. The van der Waals surface area contributed by atoms with Gasteiger partial charge in [-0.2, -0.15) is 0 Å². The van der Waals surface area contributed by atoms with Gasteiger partial charge in [-0.1, -0.05) is 105 Å². The van der Waals surface area contributed by atoms with E-state index < -0.39 is 20.3 Å². The van der Waals surface area contributed by atoms with E-state index in [0.29, 0.717) is 22.3 Å². The molecule has 0 aliphatic carbocycles. The monoisotopic (exact) mass is 642 g/mol. The summed E-state index contributed by atoms with van der Waals surface area (Å²) in [6, 6.07) is 26.0. The third kappa shape index (κ3) is 7.12. The number of hydrogen-bond acceptors (Lipinski definition) is 2. The molecule has 0 saturated carbocycles. The Balaban J connectivity index is 1.81. The molecule has 2 atom stereocenters. The van der Waals surface area contributed by atoms with Crippen LogP contribution in [-0.4, -0.2) is 8.42 Å². The first kappa shape index (κ1) is 27.2. The van der Waals surface area contributed by atoms with E-state index in [-0.39, 0.29) is 11.6 Å². The minimum atomic E-state index is -3.90. The van der Waals surface area contributed by atoms with Crippen LogP contribution in [0.15, 0.2) is 118 Å². The average Bonchev–Trinajstić information content (AvgIpc) is 2.88. The van der Waals surface area contributed by atoms with E-state index in [4.69, 9.17) is 0 Å². The molecule has 0 amide bonds. The SMILES string of the molecule is O=S(=O)(C(/C=C/c1ccc(F)cc1)c1ccc(Br)cc1)C(/C=C/c1ccc(F)cc1)c1ccc(Br)cc1. The molecular formula is C30H22Br2F2O2S. The zero-order valence-electron chi connectivity index (χ0n) is 19.4. The van der Waals surface area contributed by atoms with Gasteiger partial charge in [0.05, 0.1) is 0 Å². The van der Waals surface area contributed by atoms with E-state index in [0.717, 1.165) is 8.95 Å². The molecule has 0 fully saturated rings. The Kier molecular flexibility index (Phi) is 8.90. The first-order chi connectivity index (χ1) is 17.7. The zero-order chi connectivity index (χ0) is 26.4. The Morgan fingerprint density at radius 2 is 0.865 bits per heavy atom. The molecule has 2 unspecified atom stereocenters. The normalized spacial score (nSPS) is 13.7. The highest BCUT2D eigenvalue weighted by Gasteiger charge is 2.33. The maximum Gasteiger partial charge on any atom is 0.171 e. The quantitative estimate of drug-likeness (QED) is 0.192. The largest absolute Gasteiger partial charge is 0.227 e. The number of rotatable bonds is 8. The second-order valence-electron chi connectivity index (χ2n) is 8.35. The highest BCUT2D eigenvalue weighted by atomic mass is 79.9. The fourth-order valence-corrected chi connectivity index (χ4v) is 6.34. The van der Waals surface area contributed by atoms with Crippen LogP contribution in [0.3, 0.4) is 0 Å². The van der Waals surface area contributed by atoms with Gasteiger partial charge < -0.3 is 0 Å². The summed E-state index contributed by atoms with van der Waals surface area (Å²) < 4.78 is 57.1. The van der Waals surface area contributed by atoms with Crippen molar-refractivity contribution < 1.29 is 17.2 Å². The molecule has 0 saturated heterocycles. The van der Waals surface area contributed by atoms with Crippen molar-refractivity contribution in [1.29, 1.82) is 0 Å². The van der Waals surface area contributed by atoms with Crippen molar-refractivity contribution in [1.82, 2.24) is 0 Å². The van der Waals surface area contributed by atoms with Crippen LogP contribution in [0.4, 0.5) is 8.78 Å². The molecule has 4 rings (SSSR count). The second-order valence-corrected chi connectivity index (χ2v) is 12.4. The summed E-state index contributed by atoms with van der Waals surface area (Å²) in [7, 11) is -3.90. The minimum Gasteiger partial charge on any atom is -0.227 e. The summed E-state index contributed by atoms with van der Waals surface area (Å²) in [5, 5.41) is -1.98. The Hall–Kier alpha value is -2.87. The second kappa shape index (κ2) is 12.1. The van der Waals surface area contributed by atoms with Crippen LogP contribution < -0.4 is 0 Å². The van der Waals surface area contributed by atoms with Gasteiger partial charge in [0.25, 0.3) is 0 Å². The lowest BCUT2D eigenvalue weighted by Crippen LogP contribution is -2.19. The number of hydrogen-bond donors (Lipinski definition) is 0. The van der Waals surface area contributed by atoms with Crippen molar-refractivity contribution in [2.45, 2.75) is 10.5 Å². The topological polar surface area (TPSA) is 34.1 Å². The summed E-state index contributed by atoms with van der Waals surface area (Å²) in [6.07, 6.45) is 6.63. The minimum absolute atomic E-state index is 0.365. The van der Waals surface area contributed by atoms with E-state index in [9.17, 15) is 17.2 Å². The molecule has 0 aromatic heterocycles. The number of sulfone groups is 1. The molecule has 0 heterocycles. The molecule has 4 aromatic rings. The third-order valence-corrected chi connectivity index (χ3v) is 9.10. The molecule has 4 aromatic carbocycles. The number of halogens is 4. The standard InChI is InChI=1S/C30H22Br2F2O2S/c31-25-11-7-23(8-12-25)29(19-5-21-1-15-27(33)16-2-21)37(35,36)30(24-9-13-26(32)14-10-24)20-6-22-3-17-28(34)18-4-22/h1-20,29-30H/b19-5+,20-6+. The van der Waals surface area contributed by atoms with Gasteiger partial charge in [0.15, 0.2) is 9.84 Å². The predicted octanol–water partition coefficient (Wildman–Crippen LogP) is 9.11. The van der Waals surface area contributed by atoms with Crippen molar-refractivity contribution in [2.24, 2.45) is 0 Å². The van der Waals surface area contributed by atoms with Crippen LogP contribution in [0.25, 0.3) is 12.2 Å². The maximum absolute atomic E-state index is 14.3. The molecule has 0 aliphatic heterocycles. The summed E-state index contributed by atoms with van der Waals surface area (Å²) in [4.78, 5) is 0. The van der Waals surface area contributed by atoms with Gasteiger partial charge in [-0.15, -0.1) is 0 Å². The molecule has 2 nitrogen and oxygen atoms in total. The molecule has 7 heteroatoms. The predicted molar refractivity (Wildman–Crippen MR) is 154 cm³/mol. The van der Waals surface area contributed by atoms with Crippen molar-refractivity contribution in [3.63, 3.8) is 0 Å². The van der Waals surface area contributed by atoms with Crippen LogP contribution >= 0.6 is 31.9 Å². The highest BCUT2D eigenvalue weighted by Crippen LogP contribution is 2.38. The maximum atomic E-state index is 14.3. The van der Waals surface area contributed by atoms with Crippen LogP contribution in [0.1, 0.15) is 32.8 Å².